The maximum Gasteiger partial charge on any atom is 0.254 e. The van der Waals surface area contributed by atoms with E-state index in [2.05, 4.69) is 6.58 Å². The third-order valence-electron chi connectivity index (χ3n) is 2.96. The molecule has 0 aromatic carbocycles. The molecular formula is C9H14N2O3S. The van der Waals surface area contributed by atoms with Gasteiger partial charge in [0.1, 0.15) is 5.54 Å². The Morgan fingerprint density at radius 3 is 2.53 bits per heavy atom. The number of nitrogens with two attached hydrogens (primary N) is 1. The summed E-state index contributed by atoms with van der Waals surface area (Å²) in [6.07, 6.45) is 3.32. The van der Waals surface area contributed by atoms with Crippen LogP contribution in [0.25, 0.3) is 0 Å². The number of carbonyl (C=O) groups is 1. The van der Waals surface area contributed by atoms with E-state index in [1.165, 1.54) is 0 Å². The maximum atomic E-state index is 11.6. The Bertz CT molecular complexity index is 413. The molecule has 0 radical (unpaired) electrons. The molecule has 6 heteroatoms. The lowest BCUT2D eigenvalue weighted by molar-refractivity contribution is -0.121. The zero-order chi connectivity index (χ0) is 11.3. The number of nitrogens with one attached hydrogen (secondary N) is 1. The van der Waals surface area contributed by atoms with Crippen LogP contribution in [0.4, 0.5) is 0 Å². The van der Waals surface area contributed by atoms with Crippen LogP contribution in [-0.2, 0) is 14.8 Å². The zero-order valence-electron chi connectivity index (χ0n) is 8.27. The van der Waals surface area contributed by atoms with Crippen LogP contribution >= 0.6 is 0 Å². The standard InChI is InChI=1S/C9H14N2O3S/c1-2-6-5-9(6,10)8(12)11-15(13,14)7-3-4-7/h2,6-7H,1,3-5,10H2,(H,11,12)/t6-,9?/m0/s1. The van der Waals surface area contributed by atoms with Gasteiger partial charge in [0.05, 0.1) is 5.25 Å². The molecule has 5 nitrogen and oxygen atoms in total. The quantitative estimate of drug-likeness (QED) is 0.637. The Hall–Kier alpha value is -0.880. The monoisotopic (exact) mass is 230 g/mol. The molecule has 15 heavy (non-hydrogen) atoms. The predicted molar refractivity (Wildman–Crippen MR) is 55.3 cm³/mol. The fourth-order valence-electron chi connectivity index (χ4n) is 1.55. The molecule has 0 aliphatic heterocycles. The van der Waals surface area contributed by atoms with Gasteiger partial charge in [-0.05, 0) is 19.3 Å². The van der Waals surface area contributed by atoms with E-state index in [0.717, 1.165) is 0 Å². The highest BCUT2D eigenvalue weighted by Gasteiger charge is 2.56. The summed E-state index contributed by atoms with van der Waals surface area (Å²) in [6.45, 7) is 3.54. The summed E-state index contributed by atoms with van der Waals surface area (Å²) in [5.41, 5.74) is 4.67. The summed E-state index contributed by atoms with van der Waals surface area (Å²) in [5.74, 6) is -0.703. The number of hydrogen-bond donors (Lipinski definition) is 2. The van der Waals surface area contributed by atoms with Gasteiger partial charge in [-0.2, -0.15) is 0 Å². The van der Waals surface area contributed by atoms with Gasteiger partial charge in [-0.3, -0.25) is 9.52 Å². The second kappa shape index (κ2) is 3.05. The van der Waals surface area contributed by atoms with E-state index in [4.69, 9.17) is 5.73 Å². The molecule has 2 atom stereocenters. The van der Waals surface area contributed by atoms with Crippen molar-refractivity contribution in [3.05, 3.63) is 12.7 Å². The number of sulfonamides is 1. The maximum absolute atomic E-state index is 11.6. The van der Waals surface area contributed by atoms with Gasteiger partial charge in [0.15, 0.2) is 0 Å². The first-order chi connectivity index (χ1) is 6.90. The van der Waals surface area contributed by atoms with Crippen molar-refractivity contribution >= 4 is 15.9 Å². The van der Waals surface area contributed by atoms with Gasteiger partial charge in [0.25, 0.3) is 5.91 Å². The molecule has 0 bridgehead atoms. The number of hydrogen-bond acceptors (Lipinski definition) is 4. The highest BCUT2D eigenvalue weighted by Crippen LogP contribution is 2.42. The van der Waals surface area contributed by atoms with Crippen LogP contribution in [0.3, 0.4) is 0 Å². The fourth-order valence-corrected chi connectivity index (χ4v) is 2.92. The van der Waals surface area contributed by atoms with E-state index in [1.54, 1.807) is 6.08 Å². The second-order valence-corrected chi connectivity index (χ2v) is 6.22. The summed E-state index contributed by atoms with van der Waals surface area (Å²) < 4.78 is 25.0. The van der Waals surface area contributed by atoms with Crippen LogP contribution in [0.2, 0.25) is 0 Å². The van der Waals surface area contributed by atoms with Crippen molar-refractivity contribution < 1.29 is 13.2 Å². The Kier molecular flexibility index (Phi) is 2.16. The summed E-state index contributed by atoms with van der Waals surface area (Å²) in [6, 6.07) is 0. The van der Waals surface area contributed by atoms with Gasteiger partial charge in [0, 0.05) is 5.92 Å². The van der Waals surface area contributed by atoms with Crippen molar-refractivity contribution in [1.29, 1.82) is 0 Å². The first-order valence-corrected chi connectivity index (χ1v) is 6.42. The Labute approximate surface area is 88.8 Å². The number of carbonyl (C=O) groups excluding carboxylic acids is 1. The SMILES string of the molecule is C=C[C@H]1CC1(N)C(=O)NS(=O)(=O)C1CC1. The molecule has 3 N–H and O–H groups in total. The molecule has 2 aliphatic rings. The molecule has 84 valence electrons. The largest absolute Gasteiger partial charge is 0.317 e. The Morgan fingerprint density at radius 1 is 1.53 bits per heavy atom. The van der Waals surface area contributed by atoms with E-state index in [9.17, 15) is 13.2 Å². The molecule has 1 amide bonds. The number of amides is 1. The molecule has 0 spiro atoms. The number of rotatable bonds is 4. The van der Waals surface area contributed by atoms with Crippen molar-refractivity contribution in [1.82, 2.24) is 4.72 Å². The Balaban J connectivity index is 2.02. The molecule has 2 aliphatic carbocycles. The van der Waals surface area contributed by atoms with Crippen molar-refractivity contribution in [3.8, 4) is 0 Å². The van der Waals surface area contributed by atoms with E-state index in [1.807, 2.05) is 4.72 Å². The van der Waals surface area contributed by atoms with Crippen LogP contribution in [0, 0.1) is 5.92 Å². The lowest BCUT2D eigenvalue weighted by Crippen LogP contribution is -2.47. The molecule has 0 aromatic heterocycles. The lowest BCUT2D eigenvalue weighted by atomic mass is 10.2. The predicted octanol–water partition coefficient (Wildman–Crippen LogP) is -0.502. The minimum Gasteiger partial charge on any atom is -0.317 e. The van der Waals surface area contributed by atoms with Crippen LogP contribution in [0.15, 0.2) is 12.7 Å². The van der Waals surface area contributed by atoms with E-state index >= 15 is 0 Å². The topological polar surface area (TPSA) is 89.3 Å². The van der Waals surface area contributed by atoms with Gasteiger partial charge in [-0.15, -0.1) is 6.58 Å². The molecule has 0 saturated heterocycles. The lowest BCUT2D eigenvalue weighted by Gasteiger charge is -2.11. The Morgan fingerprint density at radius 2 is 2.13 bits per heavy atom. The minimum absolute atomic E-state index is 0.105. The molecule has 2 saturated carbocycles. The first-order valence-electron chi connectivity index (χ1n) is 4.87. The van der Waals surface area contributed by atoms with Crippen molar-refractivity contribution in [3.63, 3.8) is 0 Å². The zero-order valence-corrected chi connectivity index (χ0v) is 9.09. The van der Waals surface area contributed by atoms with E-state index in [0.29, 0.717) is 19.3 Å². The van der Waals surface area contributed by atoms with E-state index < -0.39 is 26.7 Å². The molecular weight excluding hydrogens is 216 g/mol. The van der Waals surface area contributed by atoms with Crippen LogP contribution in [0.1, 0.15) is 19.3 Å². The molecule has 0 heterocycles. The van der Waals surface area contributed by atoms with E-state index in [-0.39, 0.29) is 5.92 Å². The second-order valence-electron chi connectivity index (χ2n) is 4.26. The van der Waals surface area contributed by atoms with Crippen molar-refractivity contribution in [2.24, 2.45) is 11.7 Å². The minimum atomic E-state index is -3.47. The summed E-state index contributed by atoms with van der Waals surface area (Å²) in [5, 5.41) is -0.397. The van der Waals surface area contributed by atoms with Gasteiger partial charge in [-0.1, -0.05) is 6.08 Å². The van der Waals surface area contributed by atoms with Gasteiger partial charge in [0.2, 0.25) is 10.0 Å². The molecule has 2 fully saturated rings. The van der Waals surface area contributed by atoms with Gasteiger partial charge >= 0.3 is 0 Å². The smallest absolute Gasteiger partial charge is 0.254 e. The summed E-state index contributed by atoms with van der Waals surface area (Å²) >= 11 is 0. The van der Waals surface area contributed by atoms with Crippen molar-refractivity contribution in [2.45, 2.75) is 30.1 Å². The van der Waals surface area contributed by atoms with Crippen LogP contribution < -0.4 is 10.5 Å². The highest BCUT2D eigenvalue weighted by molar-refractivity contribution is 7.90. The average Bonchev–Trinajstić information content (AvgIpc) is 2.97. The third-order valence-corrected chi connectivity index (χ3v) is 4.78. The highest BCUT2D eigenvalue weighted by atomic mass is 32.2. The first kappa shape index (κ1) is 10.6. The normalized spacial score (nSPS) is 34.6. The van der Waals surface area contributed by atoms with Gasteiger partial charge in [-0.25, -0.2) is 8.42 Å². The molecule has 0 aromatic rings. The summed E-state index contributed by atoms with van der Waals surface area (Å²) in [7, 11) is -3.47. The van der Waals surface area contributed by atoms with Crippen molar-refractivity contribution in [2.75, 3.05) is 0 Å². The third kappa shape index (κ3) is 1.79. The fraction of sp³-hybridized carbons (Fsp3) is 0.667. The van der Waals surface area contributed by atoms with Crippen LogP contribution in [-0.4, -0.2) is 25.1 Å². The average molecular weight is 230 g/mol. The molecule has 1 unspecified atom stereocenters. The van der Waals surface area contributed by atoms with Gasteiger partial charge < -0.3 is 5.73 Å². The van der Waals surface area contributed by atoms with Crippen LogP contribution in [0.5, 0.6) is 0 Å². The summed E-state index contributed by atoms with van der Waals surface area (Å²) in [4.78, 5) is 11.6. The molecule has 2 rings (SSSR count).